The molecule has 0 rings (SSSR count). The van der Waals surface area contributed by atoms with E-state index in [9.17, 15) is 4.79 Å². The molecule has 0 saturated heterocycles. The molecule has 0 aliphatic heterocycles. The molecule has 120 valence electrons. The summed E-state index contributed by atoms with van der Waals surface area (Å²) in [4.78, 5) is 14.4. The quantitative estimate of drug-likeness (QED) is 0.620. The van der Waals surface area contributed by atoms with Gasteiger partial charge in [0.05, 0.1) is 13.2 Å². The maximum atomic E-state index is 12.2. The molecule has 0 heterocycles. The fourth-order valence-electron chi connectivity index (χ4n) is 2.33. The van der Waals surface area contributed by atoms with Crippen molar-refractivity contribution in [3.05, 3.63) is 0 Å². The molecule has 0 aromatic carbocycles. The molecule has 0 spiro atoms. The Balaban J connectivity index is 4.74. The highest BCUT2D eigenvalue weighted by atomic mass is 16.5. The predicted molar refractivity (Wildman–Crippen MR) is 81.9 cm³/mol. The molecule has 2 unspecified atom stereocenters. The standard InChI is InChI=1S/C15H32N2O3/c1-8-20-14(18)15(5,16-12(2)3)11-13(4)17(6)9-10-19-7/h12-13,16H,8-11H2,1-7H3. The van der Waals surface area contributed by atoms with Gasteiger partial charge < -0.3 is 14.4 Å². The van der Waals surface area contributed by atoms with Crippen molar-refractivity contribution >= 4 is 5.97 Å². The van der Waals surface area contributed by atoms with Gasteiger partial charge in [0.25, 0.3) is 0 Å². The van der Waals surface area contributed by atoms with Crippen molar-refractivity contribution < 1.29 is 14.3 Å². The summed E-state index contributed by atoms with van der Waals surface area (Å²) in [7, 11) is 3.74. The molecule has 5 nitrogen and oxygen atoms in total. The number of hydrogen-bond donors (Lipinski definition) is 1. The minimum Gasteiger partial charge on any atom is -0.465 e. The Labute approximate surface area is 124 Å². The molecule has 0 amide bonds. The molecule has 0 bridgehead atoms. The van der Waals surface area contributed by atoms with Crippen molar-refractivity contribution in [1.29, 1.82) is 0 Å². The van der Waals surface area contributed by atoms with Gasteiger partial charge in [0.15, 0.2) is 0 Å². The van der Waals surface area contributed by atoms with Gasteiger partial charge in [0.2, 0.25) is 0 Å². The van der Waals surface area contributed by atoms with Gasteiger partial charge in [-0.15, -0.1) is 0 Å². The van der Waals surface area contributed by atoms with Gasteiger partial charge in [-0.3, -0.25) is 10.1 Å². The van der Waals surface area contributed by atoms with Crippen molar-refractivity contribution in [3.63, 3.8) is 0 Å². The number of methoxy groups -OCH3 is 1. The zero-order valence-corrected chi connectivity index (χ0v) is 14.2. The van der Waals surface area contributed by atoms with Crippen LogP contribution in [0.2, 0.25) is 0 Å². The molecule has 0 fully saturated rings. The largest absolute Gasteiger partial charge is 0.465 e. The molecule has 0 aromatic rings. The van der Waals surface area contributed by atoms with Crippen LogP contribution in [0.4, 0.5) is 0 Å². The molecule has 0 aliphatic carbocycles. The summed E-state index contributed by atoms with van der Waals surface area (Å²) in [5.41, 5.74) is -0.662. The summed E-state index contributed by atoms with van der Waals surface area (Å²) >= 11 is 0. The Morgan fingerprint density at radius 3 is 2.40 bits per heavy atom. The highest BCUT2D eigenvalue weighted by Gasteiger charge is 2.37. The van der Waals surface area contributed by atoms with E-state index >= 15 is 0 Å². The number of carbonyl (C=O) groups is 1. The topological polar surface area (TPSA) is 50.8 Å². The summed E-state index contributed by atoms with van der Waals surface area (Å²) in [6.45, 7) is 11.9. The van der Waals surface area contributed by atoms with E-state index in [2.05, 4.69) is 17.1 Å². The third kappa shape index (κ3) is 6.68. The lowest BCUT2D eigenvalue weighted by atomic mass is 9.92. The van der Waals surface area contributed by atoms with Crippen LogP contribution < -0.4 is 5.32 Å². The number of nitrogens with one attached hydrogen (secondary N) is 1. The van der Waals surface area contributed by atoms with Gasteiger partial charge in [-0.25, -0.2) is 0 Å². The van der Waals surface area contributed by atoms with Gasteiger partial charge in [0, 0.05) is 25.7 Å². The summed E-state index contributed by atoms with van der Waals surface area (Å²) in [5.74, 6) is -0.180. The minimum atomic E-state index is -0.662. The molecule has 2 atom stereocenters. The number of carbonyl (C=O) groups excluding carboxylic acids is 1. The maximum absolute atomic E-state index is 12.2. The van der Waals surface area contributed by atoms with Gasteiger partial charge in [-0.05, 0) is 48.1 Å². The SMILES string of the molecule is CCOC(=O)C(C)(CC(C)N(C)CCOC)NC(C)C. The summed E-state index contributed by atoms with van der Waals surface area (Å²) in [6, 6.07) is 0.478. The normalized spacial score (nSPS) is 16.2. The van der Waals surface area contributed by atoms with E-state index in [0.717, 1.165) is 6.54 Å². The molecule has 1 N–H and O–H groups in total. The lowest BCUT2D eigenvalue weighted by Gasteiger charge is -2.35. The average molecular weight is 288 g/mol. The van der Waals surface area contributed by atoms with E-state index in [4.69, 9.17) is 9.47 Å². The number of ether oxygens (including phenoxy) is 2. The second-order valence-electron chi connectivity index (χ2n) is 5.88. The first kappa shape index (κ1) is 19.4. The Bertz CT molecular complexity index is 284. The number of esters is 1. The van der Waals surface area contributed by atoms with E-state index in [0.29, 0.717) is 19.6 Å². The Morgan fingerprint density at radius 2 is 1.95 bits per heavy atom. The fraction of sp³-hybridized carbons (Fsp3) is 0.933. The van der Waals surface area contributed by atoms with E-state index in [1.54, 1.807) is 7.11 Å². The highest BCUT2D eigenvalue weighted by molar-refractivity contribution is 5.80. The molecule has 0 aromatic heterocycles. The van der Waals surface area contributed by atoms with Gasteiger partial charge in [-0.2, -0.15) is 0 Å². The third-order valence-corrected chi connectivity index (χ3v) is 3.44. The van der Waals surface area contributed by atoms with Gasteiger partial charge >= 0.3 is 5.97 Å². The number of rotatable bonds is 10. The monoisotopic (exact) mass is 288 g/mol. The van der Waals surface area contributed by atoms with E-state index < -0.39 is 5.54 Å². The summed E-state index contributed by atoms with van der Waals surface area (Å²) < 4.78 is 10.3. The Hall–Kier alpha value is -0.650. The molecular formula is C15H32N2O3. The molecule has 20 heavy (non-hydrogen) atoms. The first-order chi connectivity index (χ1) is 9.26. The van der Waals surface area contributed by atoms with Gasteiger partial charge in [-0.1, -0.05) is 0 Å². The van der Waals surface area contributed by atoms with Crippen molar-refractivity contribution in [2.45, 2.75) is 58.7 Å². The predicted octanol–water partition coefficient (Wildman–Crippen LogP) is 1.66. The summed E-state index contributed by atoms with van der Waals surface area (Å²) in [5, 5.41) is 3.35. The number of likely N-dealkylation sites (N-methyl/N-ethyl adjacent to an activating group) is 1. The van der Waals surface area contributed by atoms with Crippen LogP contribution in [0.3, 0.4) is 0 Å². The Kier molecular flexibility index (Phi) is 9.01. The van der Waals surface area contributed by atoms with Gasteiger partial charge in [0.1, 0.15) is 5.54 Å². The molecular weight excluding hydrogens is 256 g/mol. The van der Waals surface area contributed by atoms with Crippen molar-refractivity contribution in [1.82, 2.24) is 10.2 Å². The summed E-state index contributed by atoms with van der Waals surface area (Å²) in [6.07, 6.45) is 0.699. The fourth-order valence-corrected chi connectivity index (χ4v) is 2.33. The van der Waals surface area contributed by atoms with Crippen LogP contribution >= 0.6 is 0 Å². The minimum absolute atomic E-state index is 0.180. The molecule has 0 aliphatic rings. The molecule has 0 radical (unpaired) electrons. The molecule has 0 saturated carbocycles. The Morgan fingerprint density at radius 1 is 1.35 bits per heavy atom. The van der Waals surface area contributed by atoms with Crippen molar-refractivity contribution in [2.75, 3.05) is 33.9 Å². The van der Waals surface area contributed by atoms with E-state index in [1.807, 2.05) is 34.7 Å². The van der Waals surface area contributed by atoms with Crippen LogP contribution in [0.15, 0.2) is 0 Å². The maximum Gasteiger partial charge on any atom is 0.326 e. The second kappa shape index (κ2) is 9.32. The third-order valence-electron chi connectivity index (χ3n) is 3.44. The number of nitrogens with zero attached hydrogens (tertiary/aromatic N) is 1. The van der Waals surface area contributed by atoms with E-state index in [1.165, 1.54) is 0 Å². The first-order valence-corrected chi connectivity index (χ1v) is 7.41. The van der Waals surface area contributed by atoms with Crippen LogP contribution in [-0.2, 0) is 14.3 Å². The van der Waals surface area contributed by atoms with E-state index in [-0.39, 0.29) is 18.1 Å². The van der Waals surface area contributed by atoms with Crippen molar-refractivity contribution in [2.24, 2.45) is 0 Å². The lowest BCUT2D eigenvalue weighted by molar-refractivity contribution is -0.151. The zero-order chi connectivity index (χ0) is 15.8. The highest BCUT2D eigenvalue weighted by Crippen LogP contribution is 2.18. The second-order valence-corrected chi connectivity index (χ2v) is 5.88. The van der Waals surface area contributed by atoms with Crippen LogP contribution in [0.5, 0.6) is 0 Å². The van der Waals surface area contributed by atoms with Crippen LogP contribution in [0.1, 0.15) is 41.0 Å². The van der Waals surface area contributed by atoms with Crippen LogP contribution in [0.25, 0.3) is 0 Å². The molecule has 5 heteroatoms. The number of hydrogen-bond acceptors (Lipinski definition) is 5. The average Bonchev–Trinajstić information content (AvgIpc) is 2.34. The first-order valence-electron chi connectivity index (χ1n) is 7.41. The van der Waals surface area contributed by atoms with Crippen molar-refractivity contribution in [3.8, 4) is 0 Å². The zero-order valence-electron chi connectivity index (χ0n) is 14.2. The smallest absolute Gasteiger partial charge is 0.326 e. The van der Waals surface area contributed by atoms with Crippen LogP contribution in [0, 0.1) is 0 Å². The van der Waals surface area contributed by atoms with Crippen LogP contribution in [-0.4, -0.2) is 62.4 Å². The lowest BCUT2D eigenvalue weighted by Crippen LogP contribution is -2.56.